The predicted octanol–water partition coefficient (Wildman–Crippen LogP) is 4.22. The number of nitrogens with one attached hydrogen (secondary N) is 1. The number of hydrogen-bond donors (Lipinski definition) is 1. The molecule has 1 aromatic carbocycles. The van der Waals surface area contributed by atoms with Gasteiger partial charge in [0, 0.05) is 38.7 Å². The summed E-state index contributed by atoms with van der Waals surface area (Å²) in [5, 5.41) is 3.59. The van der Waals surface area contributed by atoms with Gasteiger partial charge in [-0.1, -0.05) is 26.0 Å². The van der Waals surface area contributed by atoms with E-state index in [9.17, 15) is 0 Å². The summed E-state index contributed by atoms with van der Waals surface area (Å²) in [6, 6.07) is 8.31. The number of piperidine rings is 1. The fourth-order valence-electron chi connectivity index (χ4n) is 4.19. The molecule has 2 heterocycles. The molecule has 1 aromatic rings. The fourth-order valence-corrected chi connectivity index (χ4v) is 4.19. The van der Waals surface area contributed by atoms with E-state index in [2.05, 4.69) is 41.2 Å². The zero-order valence-electron chi connectivity index (χ0n) is 19.6. The number of methoxy groups -OCH3 is 1. The van der Waals surface area contributed by atoms with Crippen LogP contribution in [0.25, 0.3) is 0 Å². The first kappa shape index (κ1) is 26.2. The number of rotatable bonds is 7. The van der Waals surface area contributed by atoms with Gasteiger partial charge in [-0.15, -0.1) is 24.0 Å². The molecule has 0 aromatic heterocycles. The summed E-state index contributed by atoms with van der Waals surface area (Å²) in [5.41, 5.74) is 1.22. The van der Waals surface area contributed by atoms with Gasteiger partial charge < -0.3 is 24.4 Å². The highest BCUT2D eigenvalue weighted by molar-refractivity contribution is 14.0. The van der Waals surface area contributed by atoms with Crippen molar-refractivity contribution in [2.24, 2.45) is 4.99 Å². The number of halogens is 1. The maximum Gasteiger partial charge on any atom is 0.193 e. The molecule has 1 N–H and O–H groups in total. The van der Waals surface area contributed by atoms with Gasteiger partial charge in [0.15, 0.2) is 5.96 Å². The van der Waals surface area contributed by atoms with Crippen LogP contribution in [0.1, 0.15) is 51.5 Å². The van der Waals surface area contributed by atoms with Crippen LogP contribution in [0.3, 0.4) is 0 Å². The molecule has 2 saturated heterocycles. The molecule has 1 atom stereocenters. The highest BCUT2D eigenvalue weighted by Crippen LogP contribution is 2.26. The van der Waals surface area contributed by atoms with E-state index in [0.29, 0.717) is 12.2 Å². The second kappa shape index (κ2) is 12.8. The van der Waals surface area contributed by atoms with Gasteiger partial charge in [-0.05, 0) is 49.8 Å². The molecular weight excluding hydrogens is 505 g/mol. The number of guanidine groups is 1. The van der Waals surface area contributed by atoms with E-state index >= 15 is 0 Å². The van der Waals surface area contributed by atoms with E-state index in [4.69, 9.17) is 14.2 Å². The van der Waals surface area contributed by atoms with Crippen LogP contribution in [0.15, 0.2) is 29.3 Å². The van der Waals surface area contributed by atoms with Gasteiger partial charge in [0.25, 0.3) is 0 Å². The first-order chi connectivity index (χ1) is 14.5. The molecule has 2 aliphatic heterocycles. The van der Waals surface area contributed by atoms with Gasteiger partial charge in [-0.25, -0.2) is 0 Å². The van der Waals surface area contributed by atoms with Crippen molar-refractivity contribution in [2.75, 3.05) is 47.0 Å². The van der Waals surface area contributed by atoms with Crippen LogP contribution in [-0.2, 0) is 14.9 Å². The average Bonchev–Trinajstić information content (AvgIpc) is 2.79. The van der Waals surface area contributed by atoms with Crippen LogP contribution in [0.2, 0.25) is 0 Å². The molecule has 0 amide bonds. The Morgan fingerprint density at radius 1 is 1.23 bits per heavy atom. The third-order valence-corrected chi connectivity index (χ3v) is 6.28. The Balaban J connectivity index is 0.00000341. The first-order valence-corrected chi connectivity index (χ1v) is 11.3. The minimum absolute atomic E-state index is 0. The Hall–Kier alpha value is -1.06. The van der Waals surface area contributed by atoms with Crippen molar-refractivity contribution in [3.63, 3.8) is 0 Å². The molecule has 0 saturated carbocycles. The molecule has 1 unspecified atom stereocenters. The van der Waals surface area contributed by atoms with E-state index in [1.807, 2.05) is 19.2 Å². The normalized spacial score (nSPS) is 20.8. The van der Waals surface area contributed by atoms with E-state index in [1.165, 1.54) is 18.4 Å². The van der Waals surface area contributed by atoms with Gasteiger partial charge >= 0.3 is 0 Å². The SMILES string of the molecule is CN=C(NCC(C)(C)c1cccc(OC)c1)N1CCC(OCC2CCCCO2)CC1.I. The summed E-state index contributed by atoms with van der Waals surface area (Å²) in [6.07, 6.45) is 6.29. The zero-order chi connectivity index (χ0) is 21.4. The van der Waals surface area contributed by atoms with Crippen molar-refractivity contribution in [3.8, 4) is 5.75 Å². The van der Waals surface area contributed by atoms with Crippen LogP contribution in [-0.4, -0.2) is 70.1 Å². The van der Waals surface area contributed by atoms with Crippen LogP contribution >= 0.6 is 24.0 Å². The molecule has 2 fully saturated rings. The second-order valence-electron chi connectivity index (χ2n) is 9.02. The van der Waals surface area contributed by atoms with Crippen molar-refractivity contribution < 1.29 is 14.2 Å². The van der Waals surface area contributed by atoms with Crippen LogP contribution in [0, 0.1) is 0 Å². The molecule has 2 aliphatic rings. The Morgan fingerprint density at radius 3 is 2.65 bits per heavy atom. The summed E-state index contributed by atoms with van der Waals surface area (Å²) in [4.78, 5) is 6.88. The summed E-state index contributed by atoms with van der Waals surface area (Å²) in [6.45, 7) is 8.87. The maximum atomic E-state index is 6.15. The average molecular weight is 546 g/mol. The van der Waals surface area contributed by atoms with E-state index in [1.54, 1.807) is 7.11 Å². The molecule has 31 heavy (non-hydrogen) atoms. The lowest BCUT2D eigenvalue weighted by atomic mass is 9.84. The van der Waals surface area contributed by atoms with Gasteiger partial charge in [0.2, 0.25) is 0 Å². The number of nitrogens with zero attached hydrogens (tertiary/aromatic N) is 2. The third-order valence-electron chi connectivity index (χ3n) is 6.28. The minimum Gasteiger partial charge on any atom is -0.497 e. The van der Waals surface area contributed by atoms with Crippen LogP contribution < -0.4 is 10.1 Å². The van der Waals surface area contributed by atoms with Crippen LogP contribution in [0.5, 0.6) is 5.75 Å². The topological polar surface area (TPSA) is 55.3 Å². The molecule has 0 bridgehead atoms. The Kier molecular flexibility index (Phi) is 10.9. The number of benzene rings is 1. The van der Waals surface area contributed by atoms with Crippen molar-refractivity contribution in [3.05, 3.63) is 29.8 Å². The summed E-state index contributed by atoms with van der Waals surface area (Å²) >= 11 is 0. The standard InChI is InChI=1S/C24H39N3O3.HI/c1-24(2,19-8-7-10-21(16-19)28-4)18-26-23(25-3)27-13-11-20(12-14-27)30-17-22-9-5-6-15-29-22;/h7-8,10,16,20,22H,5-6,9,11-15,17-18H2,1-4H3,(H,25,26);1H. The number of ether oxygens (including phenoxy) is 3. The summed E-state index contributed by atoms with van der Waals surface area (Å²) in [7, 11) is 3.58. The Bertz CT molecular complexity index is 684. The van der Waals surface area contributed by atoms with Gasteiger partial charge in [0.05, 0.1) is 25.9 Å². The summed E-state index contributed by atoms with van der Waals surface area (Å²) < 4.78 is 17.3. The van der Waals surface area contributed by atoms with Gasteiger partial charge in [0.1, 0.15) is 5.75 Å². The molecule has 7 heteroatoms. The monoisotopic (exact) mass is 545 g/mol. The highest BCUT2D eigenvalue weighted by atomic mass is 127. The van der Waals surface area contributed by atoms with Crippen molar-refractivity contribution in [1.82, 2.24) is 10.2 Å². The Labute approximate surface area is 205 Å². The van der Waals surface area contributed by atoms with Crippen molar-refractivity contribution in [2.45, 2.75) is 63.6 Å². The number of likely N-dealkylation sites (tertiary alicyclic amines) is 1. The predicted molar refractivity (Wildman–Crippen MR) is 137 cm³/mol. The first-order valence-electron chi connectivity index (χ1n) is 11.3. The smallest absolute Gasteiger partial charge is 0.193 e. The molecule has 6 nitrogen and oxygen atoms in total. The Morgan fingerprint density at radius 2 is 2.00 bits per heavy atom. The molecular formula is C24H40IN3O3. The molecule has 0 radical (unpaired) electrons. The van der Waals surface area contributed by atoms with E-state index in [-0.39, 0.29) is 29.4 Å². The highest BCUT2D eigenvalue weighted by Gasteiger charge is 2.26. The number of hydrogen-bond acceptors (Lipinski definition) is 4. The van der Waals surface area contributed by atoms with Gasteiger partial charge in [-0.2, -0.15) is 0 Å². The van der Waals surface area contributed by atoms with Crippen molar-refractivity contribution >= 4 is 29.9 Å². The van der Waals surface area contributed by atoms with Gasteiger partial charge in [-0.3, -0.25) is 4.99 Å². The zero-order valence-corrected chi connectivity index (χ0v) is 21.9. The fraction of sp³-hybridized carbons (Fsp3) is 0.708. The molecule has 176 valence electrons. The summed E-state index contributed by atoms with van der Waals surface area (Å²) in [5.74, 6) is 1.87. The van der Waals surface area contributed by atoms with Crippen molar-refractivity contribution in [1.29, 1.82) is 0 Å². The van der Waals surface area contributed by atoms with E-state index < -0.39 is 0 Å². The number of aliphatic imine (C=N–C) groups is 1. The second-order valence-corrected chi connectivity index (χ2v) is 9.02. The molecule has 0 spiro atoms. The lowest BCUT2D eigenvalue weighted by Gasteiger charge is -2.36. The van der Waals surface area contributed by atoms with Crippen LogP contribution in [0.4, 0.5) is 0 Å². The lowest BCUT2D eigenvalue weighted by molar-refractivity contribution is -0.0721. The largest absolute Gasteiger partial charge is 0.497 e. The minimum atomic E-state index is -0.0358. The molecule has 0 aliphatic carbocycles. The molecule has 3 rings (SSSR count). The third kappa shape index (κ3) is 7.79. The maximum absolute atomic E-state index is 6.15. The quantitative estimate of drug-likeness (QED) is 0.316. The lowest BCUT2D eigenvalue weighted by Crippen LogP contribution is -2.49. The van der Waals surface area contributed by atoms with E-state index in [0.717, 1.165) is 63.8 Å².